The molecule has 2 aromatic carbocycles. The summed E-state index contributed by atoms with van der Waals surface area (Å²) >= 11 is 6.53. The number of aromatic nitrogens is 1. The van der Waals surface area contributed by atoms with Gasteiger partial charge in [0.15, 0.2) is 0 Å². The molecule has 0 atom stereocenters. The van der Waals surface area contributed by atoms with Gasteiger partial charge in [-0.2, -0.15) is 0 Å². The topological polar surface area (TPSA) is 101 Å². The number of carboxylic acids is 1. The normalized spacial score (nSPS) is 14.3. The molecular formula is C20H16ClF3N4O3. The fraction of sp³-hybridized carbons (Fsp3) is 0.200. The van der Waals surface area contributed by atoms with Gasteiger partial charge in [-0.25, -0.2) is 18.0 Å². The van der Waals surface area contributed by atoms with Crippen molar-refractivity contribution in [3.8, 4) is 5.69 Å². The summed E-state index contributed by atoms with van der Waals surface area (Å²) in [6.07, 6.45) is 0.869. The van der Waals surface area contributed by atoms with Gasteiger partial charge in [0.25, 0.3) is 0 Å². The maximum absolute atomic E-state index is 15.0. The van der Waals surface area contributed by atoms with Crippen LogP contribution in [0.5, 0.6) is 0 Å². The van der Waals surface area contributed by atoms with Gasteiger partial charge in [0.1, 0.15) is 23.0 Å². The SMILES string of the molecule is Nc1cc(-n2cc(C(=O)O)c(=O)c3cc(F)c(N4CCNCC4)c(Cl)c32)c(F)cc1F. The Hall–Kier alpha value is -3.24. The maximum Gasteiger partial charge on any atom is 0.341 e. The van der Waals surface area contributed by atoms with E-state index in [2.05, 4.69) is 5.32 Å². The van der Waals surface area contributed by atoms with E-state index < -0.39 is 40.1 Å². The third-order valence-corrected chi connectivity index (χ3v) is 5.50. The van der Waals surface area contributed by atoms with E-state index in [9.17, 15) is 23.5 Å². The molecule has 0 radical (unpaired) electrons. The summed E-state index contributed by atoms with van der Waals surface area (Å²) in [7, 11) is 0. The van der Waals surface area contributed by atoms with Gasteiger partial charge in [-0.05, 0) is 12.1 Å². The molecule has 31 heavy (non-hydrogen) atoms. The lowest BCUT2D eigenvalue weighted by Gasteiger charge is -2.31. The van der Waals surface area contributed by atoms with Crippen molar-refractivity contribution in [3.63, 3.8) is 0 Å². The molecule has 7 nitrogen and oxygen atoms in total. The Kier molecular flexibility index (Phi) is 5.28. The van der Waals surface area contributed by atoms with Crippen LogP contribution in [0.3, 0.4) is 0 Å². The van der Waals surface area contributed by atoms with Crippen molar-refractivity contribution in [2.45, 2.75) is 0 Å². The zero-order valence-electron chi connectivity index (χ0n) is 15.9. The predicted molar refractivity (Wildman–Crippen MR) is 111 cm³/mol. The van der Waals surface area contributed by atoms with Crippen LogP contribution in [0.2, 0.25) is 5.02 Å². The van der Waals surface area contributed by atoms with Crippen LogP contribution >= 0.6 is 11.6 Å². The van der Waals surface area contributed by atoms with Crippen molar-refractivity contribution >= 4 is 39.8 Å². The molecule has 0 unspecified atom stereocenters. The van der Waals surface area contributed by atoms with E-state index in [1.54, 1.807) is 4.90 Å². The Bertz CT molecular complexity index is 1290. The third kappa shape index (κ3) is 3.47. The summed E-state index contributed by atoms with van der Waals surface area (Å²) in [5.41, 5.74) is 2.99. The van der Waals surface area contributed by atoms with Crippen LogP contribution in [-0.2, 0) is 0 Å². The van der Waals surface area contributed by atoms with Crippen molar-refractivity contribution in [2.24, 2.45) is 0 Å². The van der Waals surface area contributed by atoms with Crippen LogP contribution < -0.4 is 21.4 Å². The van der Waals surface area contributed by atoms with E-state index >= 15 is 4.39 Å². The lowest BCUT2D eigenvalue weighted by atomic mass is 10.1. The van der Waals surface area contributed by atoms with Gasteiger partial charge in [0, 0.05) is 38.4 Å². The summed E-state index contributed by atoms with van der Waals surface area (Å²) in [6, 6.07) is 2.36. The van der Waals surface area contributed by atoms with Gasteiger partial charge in [0.05, 0.1) is 33.0 Å². The number of hydrogen-bond acceptors (Lipinski definition) is 5. The molecule has 0 amide bonds. The average molecular weight is 453 g/mol. The van der Waals surface area contributed by atoms with Crippen LogP contribution in [-0.4, -0.2) is 41.8 Å². The molecule has 1 aliphatic heterocycles. The summed E-state index contributed by atoms with van der Waals surface area (Å²) < 4.78 is 44.4. The molecule has 4 N–H and O–H groups in total. The smallest absolute Gasteiger partial charge is 0.341 e. The van der Waals surface area contributed by atoms with Gasteiger partial charge in [-0.1, -0.05) is 11.6 Å². The second kappa shape index (κ2) is 7.78. The van der Waals surface area contributed by atoms with Crippen LogP contribution in [0, 0.1) is 17.5 Å². The largest absolute Gasteiger partial charge is 0.477 e. The minimum absolute atomic E-state index is 0.00221. The van der Waals surface area contributed by atoms with Crippen LogP contribution in [0.25, 0.3) is 16.6 Å². The van der Waals surface area contributed by atoms with Crippen molar-refractivity contribution in [2.75, 3.05) is 36.8 Å². The number of aromatic carboxylic acids is 1. The molecule has 0 aliphatic carbocycles. The Morgan fingerprint density at radius 3 is 2.42 bits per heavy atom. The molecule has 1 aliphatic rings. The van der Waals surface area contributed by atoms with Crippen molar-refractivity contribution in [3.05, 3.63) is 62.7 Å². The predicted octanol–water partition coefficient (Wildman–Crippen LogP) is 2.75. The first kappa shape index (κ1) is 21.0. The second-order valence-corrected chi connectivity index (χ2v) is 7.40. The molecule has 162 valence electrons. The van der Waals surface area contributed by atoms with Crippen LogP contribution in [0.15, 0.2) is 29.2 Å². The number of hydrogen-bond donors (Lipinski definition) is 3. The number of carboxylic acid groups (broad SMARTS) is 1. The Morgan fingerprint density at radius 2 is 1.77 bits per heavy atom. The first-order valence-electron chi connectivity index (χ1n) is 9.22. The number of anilines is 2. The number of pyridine rings is 1. The molecule has 3 aromatic rings. The first-order chi connectivity index (χ1) is 14.7. The van der Waals surface area contributed by atoms with Gasteiger partial charge >= 0.3 is 5.97 Å². The molecule has 1 saturated heterocycles. The van der Waals surface area contributed by atoms with Gasteiger partial charge in [-0.3, -0.25) is 4.79 Å². The first-order valence-corrected chi connectivity index (χ1v) is 9.59. The summed E-state index contributed by atoms with van der Waals surface area (Å²) in [6.45, 7) is 2.00. The summed E-state index contributed by atoms with van der Waals surface area (Å²) in [5.74, 6) is -4.50. The number of nitrogen functional groups attached to an aromatic ring is 1. The highest BCUT2D eigenvalue weighted by molar-refractivity contribution is 6.38. The maximum atomic E-state index is 15.0. The van der Waals surface area contributed by atoms with Gasteiger partial charge < -0.3 is 25.6 Å². The fourth-order valence-electron chi connectivity index (χ4n) is 3.66. The summed E-state index contributed by atoms with van der Waals surface area (Å²) in [4.78, 5) is 26.0. The lowest BCUT2D eigenvalue weighted by Crippen LogP contribution is -2.44. The van der Waals surface area contributed by atoms with Crippen molar-refractivity contribution in [1.29, 1.82) is 0 Å². The molecular weight excluding hydrogens is 437 g/mol. The number of nitrogens with zero attached hydrogens (tertiary/aromatic N) is 2. The molecule has 1 aromatic heterocycles. The van der Waals surface area contributed by atoms with E-state index in [-0.39, 0.29) is 27.3 Å². The Balaban J connectivity index is 2.13. The monoisotopic (exact) mass is 452 g/mol. The summed E-state index contributed by atoms with van der Waals surface area (Å²) in [5, 5.41) is 12.0. The molecule has 2 heterocycles. The number of halogens is 4. The minimum Gasteiger partial charge on any atom is -0.477 e. The van der Waals surface area contributed by atoms with Crippen LogP contribution in [0.1, 0.15) is 10.4 Å². The highest BCUT2D eigenvalue weighted by atomic mass is 35.5. The number of carbonyl (C=O) groups is 1. The van der Waals surface area contributed by atoms with Gasteiger partial charge in [-0.15, -0.1) is 0 Å². The van der Waals surface area contributed by atoms with E-state index in [0.29, 0.717) is 32.2 Å². The zero-order valence-corrected chi connectivity index (χ0v) is 16.6. The van der Waals surface area contributed by atoms with Crippen molar-refractivity contribution < 1.29 is 23.1 Å². The second-order valence-electron chi connectivity index (χ2n) is 7.03. The lowest BCUT2D eigenvalue weighted by molar-refractivity contribution is 0.0695. The average Bonchev–Trinajstić information content (AvgIpc) is 2.72. The minimum atomic E-state index is -1.60. The molecule has 11 heteroatoms. The molecule has 0 saturated carbocycles. The fourth-order valence-corrected chi connectivity index (χ4v) is 4.07. The number of piperazine rings is 1. The number of nitrogens with one attached hydrogen (secondary N) is 1. The standard InChI is InChI=1S/C20H16ClF3N4O3/c21-16-17-9(5-13(24)18(16)27-3-1-26-2-4-27)19(29)10(20(30)31)8-28(17)15-7-14(25)11(22)6-12(15)23/h5-8,26H,1-4,25H2,(H,30,31). The van der Waals surface area contributed by atoms with E-state index in [4.69, 9.17) is 17.3 Å². The number of fused-ring (bicyclic) bond motifs is 1. The molecule has 1 fully saturated rings. The van der Waals surface area contributed by atoms with Crippen molar-refractivity contribution in [1.82, 2.24) is 9.88 Å². The quantitative estimate of drug-likeness (QED) is 0.528. The zero-order chi connectivity index (χ0) is 22.4. The number of benzene rings is 2. The van der Waals surface area contributed by atoms with Crippen LogP contribution in [0.4, 0.5) is 24.5 Å². The highest BCUT2D eigenvalue weighted by Crippen LogP contribution is 2.37. The van der Waals surface area contributed by atoms with E-state index in [1.165, 1.54) is 0 Å². The van der Waals surface area contributed by atoms with Gasteiger partial charge in [0.2, 0.25) is 5.43 Å². The molecule has 4 rings (SSSR count). The Morgan fingerprint density at radius 1 is 1.10 bits per heavy atom. The molecule has 0 spiro atoms. The molecule has 0 bridgehead atoms. The third-order valence-electron chi connectivity index (χ3n) is 5.15. The Labute approximate surface area is 178 Å². The van der Waals surface area contributed by atoms with E-state index in [0.717, 1.165) is 22.9 Å². The highest BCUT2D eigenvalue weighted by Gasteiger charge is 2.26. The van der Waals surface area contributed by atoms with E-state index in [1.807, 2.05) is 0 Å². The number of rotatable bonds is 3. The number of nitrogens with two attached hydrogens (primary N) is 1.